The summed E-state index contributed by atoms with van der Waals surface area (Å²) in [5.41, 5.74) is 4.84. The Morgan fingerprint density at radius 2 is 1.88 bits per heavy atom. The molecule has 4 nitrogen and oxygen atoms in total. The van der Waals surface area contributed by atoms with Crippen LogP contribution in [0.5, 0.6) is 0 Å². The van der Waals surface area contributed by atoms with Gasteiger partial charge < -0.3 is 5.73 Å². The molecule has 1 heterocycles. The van der Waals surface area contributed by atoms with Crippen LogP contribution in [-0.4, -0.2) is 31.9 Å². The van der Waals surface area contributed by atoms with Crippen LogP contribution in [0.3, 0.4) is 0 Å². The maximum Gasteiger partial charge on any atom is 0.417 e. The molecule has 10 heteroatoms. The van der Waals surface area contributed by atoms with Gasteiger partial charge in [0.25, 0.3) is 0 Å². The predicted octanol–water partition coefficient (Wildman–Crippen LogP) is 3.14. The number of rotatable bonds is 2. The summed E-state index contributed by atoms with van der Waals surface area (Å²) in [7, 11) is -3.98. The van der Waals surface area contributed by atoms with Crippen LogP contribution in [0.1, 0.15) is 18.4 Å². The van der Waals surface area contributed by atoms with Crippen molar-refractivity contribution >= 4 is 34.0 Å². The van der Waals surface area contributed by atoms with Crippen LogP contribution in [0.4, 0.5) is 13.2 Å². The van der Waals surface area contributed by atoms with Crippen LogP contribution in [0.25, 0.3) is 0 Å². The van der Waals surface area contributed by atoms with E-state index in [1.165, 1.54) is 4.31 Å². The molecule has 2 fully saturated rings. The third-order valence-corrected chi connectivity index (χ3v) is 6.92. The molecule has 1 aromatic carbocycles. The van der Waals surface area contributed by atoms with Gasteiger partial charge in [-0.1, -0.05) is 11.6 Å². The minimum atomic E-state index is -4.70. The van der Waals surface area contributed by atoms with E-state index in [4.69, 9.17) is 17.3 Å². The average Bonchev–Trinajstić information content (AvgIpc) is 3.01. The molecule has 2 aliphatic rings. The molecule has 0 amide bonds. The molecule has 1 aliphatic carbocycles. The van der Waals surface area contributed by atoms with Crippen molar-refractivity contribution in [2.45, 2.75) is 30.0 Å². The molecular weight excluding hydrogens is 388 g/mol. The van der Waals surface area contributed by atoms with Crippen LogP contribution >= 0.6 is 24.0 Å². The van der Waals surface area contributed by atoms with Gasteiger partial charge in [-0.15, -0.1) is 12.4 Å². The SMILES string of the molecule is Cl.NC1CCC2CN(S(=O)(=O)c3ccc(Cl)c(C(F)(F)F)c3)CC12. The van der Waals surface area contributed by atoms with E-state index in [-0.39, 0.29) is 41.7 Å². The van der Waals surface area contributed by atoms with Gasteiger partial charge >= 0.3 is 6.18 Å². The maximum absolute atomic E-state index is 12.9. The highest BCUT2D eigenvalue weighted by Gasteiger charge is 2.45. The lowest BCUT2D eigenvalue weighted by Crippen LogP contribution is -2.33. The standard InChI is InChI=1S/C14H16ClF3N2O2S.ClH/c15-12-3-2-9(5-11(12)14(16,17)18)23(21,22)20-6-8-1-4-13(19)10(8)7-20;/h2-3,5,8,10,13H,1,4,6-7,19H2;1H. The van der Waals surface area contributed by atoms with E-state index in [1.54, 1.807) is 0 Å². The fourth-order valence-electron chi connectivity index (χ4n) is 3.49. The molecule has 1 saturated carbocycles. The highest BCUT2D eigenvalue weighted by Crippen LogP contribution is 2.40. The van der Waals surface area contributed by atoms with Gasteiger partial charge in [0.05, 0.1) is 15.5 Å². The summed E-state index contributed by atoms with van der Waals surface area (Å²) in [5.74, 6) is 0.272. The first-order chi connectivity index (χ1) is 10.6. The summed E-state index contributed by atoms with van der Waals surface area (Å²) >= 11 is 5.54. The molecular formula is C14H17Cl2F3N2O2S. The lowest BCUT2D eigenvalue weighted by atomic mass is 9.98. The monoisotopic (exact) mass is 404 g/mol. The molecule has 1 aliphatic heterocycles. The Morgan fingerprint density at radius 1 is 1.21 bits per heavy atom. The van der Waals surface area contributed by atoms with Gasteiger partial charge in [0.1, 0.15) is 0 Å². The van der Waals surface area contributed by atoms with E-state index in [0.717, 1.165) is 25.0 Å². The number of fused-ring (bicyclic) bond motifs is 1. The number of halogens is 5. The number of alkyl halides is 3. The van der Waals surface area contributed by atoms with Crippen molar-refractivity contribution in [1.82, 2.24) is 4.31 Å². The molecule has 0 aromatic heterocycles. The van der Waals surface area contributed by atoms with E-state index in [0.29, 0.717) is 12.6 Å². The third kappa shape index (κ3) is 3.39. The first-order valence-electron chi connectivity index (χ1n) is 7.23. The molecule has 3 rings (SSSR count). The van der Waals surface area contributed by atoms with E-state index in [1.807, 2.05) is 0 Å². The number of nitrogens with two attached hydrogens (primary N) is 1. The van der Waals surface area contributed by atoms with Gasteiger partial charge in [-0.25, -0.2) is 8.42 Å². The molecule has 1 saturated heterocycles. The summed E-state index contributed by atoms with van der Waals surface area (Å²) in [6.45, 7) is 0.572. The van der Waals surface area contributed by atoms with Gasteiger partial charge in [0.15, 0.2) is 0 Å². The van der Waals surface area contributed by atoms with E-state index in [9.17, 15) is 21.6 Å². The van der Waals surface area contributed by atoms with Crippen molar-refractivity contribution < 1.29 is 21.6 Å². The Hall–Kier alpha value is -0.540. The van der Waals surface area contributed by atoms with Crippen LogP contribution in [0.2, 0.25) is 5.02 Å². The zero-order valence-electron chi connectivity index (χ0n) is 12.5. The van der Waals surface area contributed by atoms with Gasteiger partial charge in [-0.3, -0.25) is 0 Å². The van der Waals surface area contributed by atoms with Gasteiger partial charge in [0, 0.05) is 19.1 Å². The first kappa shape index (κ1) is 19.8. The van der Waals surface area contributed by atoms with Crippen molar-refractivity contribution in [3.05, 3.63) is 28.8 Å². The molecule has 24 heavy (non-hydrogen) atoms. The highest BCUT2D eigenvalue weighted by molar-refractivity contribution is 7.89. The topological polar surface area (TPSA) is 63.4 Å². The van der Waals surface area contributed by atoms with E-state index in [2.05, 4.69) is 0 Å². The minimum absolute atomic E-state index is 0. The first-order valence-corrected chi connectivity index (χ1v) is 9.05. The van der Waals surface area contributed by atoms with Crippen molar-refractivity contribution in [1.29, 1.82) is 0 Å². The second-order valence-corrected chi connectivity index (χ2v) is 8.47. The summed E-state index contributed by atoms with van der Waals surface area (Å²) in [6.07, 6.45) is -2.98. The van der Waals surface area contributed by atoms with Crippen LogP contribution in [0.15, 0.2) is 23.1 Å². The third-order valence-electron chi connectivity index (χ3n) is 4.76. The number of benzene rings is 1. The lowest BCUT2D eigenvalue weighted by molar-refractivity contribution is -0.137. The number of nitrogens with zero attached hydrogens (tertiary/aromatic N) is 1. The molecule has 2 N–H and O–H groups in total. The van der Waals surface area contributed by atoms with Crippen LogP contribution in [0, 0.1) is 11.8 Å². The smallest absolute Gasteiger partial charge is 0.327 e. The Bertz CT molecular complexity index is 727. The van der Waals surface area contributed by atoms with Crippen molar-refractivity contribution in [2.75, 3.05) is 13.1 Å². The fourth-order valence-corrected chi connectivity index (χ4v) is 5.28. The van der Waals surface area contributed by atoms with Crippen molar-refractivity contribution in [3.63, 3.8) is 0 Å². The van der Waals surface area contributed by atoms with E-state index >= 15 is 0 Å². The second kappa shape index (κ2) is 6.64. The normalized spacial score (nSPS) is 27.8. The van der Waals surface area contributed by atoms with Crippen LogP contribution in [-0.2, 0) is 16.2 Å². The quantitative estimate of drug-likeness (QED) is 0.823. The lowest BCUT2D eigenvalue weighted by Gasteiger charge is -2.19. The average molecular weight is 405 g/mol. The second-order valence-electron chi connectivity index (χ2n) is 6.13. The Labute approximate surface area is 149 Å². The Balaban J connectivity index is 0.00000208. The molecule has 0 bridgehead atoms. The summed E-state index contributed by atoms with van der Waals surface area (Å²) < 4.78 is 65.3. The number of sulfonamides is 1. The summed E-state index contributed by atoms with van der Waals surface area (Å²) in [6, 6.07) is 2.64. The van der Waals surface area contributed by atoms with Crippen molar-refractivity contribution in [2.24, 2.45) is 17.6 Å². The molecule has 3 unspecified atom stereocenters. The number of hydrogen-bond acceptors (Lipinski definition) is 3. The van der Waals surface area contributed by atoms with E-state index < -0.39 is 26.8 Å². The Morgan fingerprint density at radius 3 is 2.46 bits per heavy atom. The largest absolute Gasteiger partial charge is 0.417 e. The molecule has 0 radical (unpaired) electrons. The van der Waals surface area contributed by atoms with Crippen LogP contribution < -0.4 is 5.73 Å². The summed E-state index contributed by atoms with van der Waals surface area (Å²) in [5, 5.41) is -0.517. The number of hydrogen-bond donors (Lipinski definition) is 1. The Kier molecular flexibility index (Phi) is 5.47. The van der Waals surface area contributed by atoms with Gasteiger partial charge in [-0.05, 0) is 42.9 Å². The van der Waals surface area contributed by atoms with Gasteiger partial charge in [0.2, 0.25) is 10.0 Å². The zero-order chi connectivity index (χ0) is 17.0. The summed E-state index contributed by atoms with van der Waals surface area (Å²) in [4.78, 5) is -0.386. The van der Waals surface area contributed by atoms with Gasteiger partial charge in [-0.2, -0.15) is 17.5 Å². The highest BCUT2D eigenvalue weighted by atomic mass is 35.5. The molecule has 136 valence electrons. The maximum atomic E-state index is 12.9. The van der Waals surface area contributed by atoms with Crippen molar-refractivity contribution in [3.8, 4) is 0 Å². The zero-order valence-corrected chi connectivity index (χ0v) is 14.9. The molecule has 0 spiro atoms. The molecule has 1 aromatic rings. The fraction of sp³-hybridized carbons (Fsp3) is 0.571. The molecule has 3 atom stereocenters. The minimum Gasteiger partial charge on any atom is -0.327 e. The predicted molar refractivity (Wildman–Crippen MR) is 86.7 cm³/mol.